The maximum atomic E-state index is 12.0. The molecular formula is C14H11N3O2. The van der Waals surface area contributed by atoms with Gasteiger partial charge in [-0.25, -0.2) is 14.3 Å². The van der Waals surface area contributed by atoms with Crippen molar-refractivity contribution in [2.24, 2.45) is 0 Å². The molecule has 1 aromatic carbocycles. The Morgan fingerprint density at radius 3 is 2.63 bits per heavy atom. The molecule has 0 aliphatic rings. The van der Waals surface area contributed by atoms with Crippen LogP contribution in [0.1, 0.15) is 17.3 Å². The van der Waals surface area contributed by atoms with Gasteiger partial charge in [0.05, 0.1) is 11.2 Å². The van der Waals surface area contributed by atoms with Crippen LogP contribution < -0.4 is 5.69 Å². The summed E-state index contributed by atoms with van der Waals surface area (Å²) < 4.78 is 1.49. The third kappa shape index (κ3) is 1.85. The molecule has 0 spiro atoms. The SMILES string of the molecule is CC(=O)c1ccc(-n2c(=O)[nH]c3cccnc32)cc1. The average Bonchev–Trinajstić information content (AvgIpc) is 2.74. The summed E-state index contributed by atoms with van der Waals surface area (Å²) in [6.07, 6.45) is 1.63. The van der Waals surface area contributed by atoms with Crippen molar-refractivity contribution in [2.75, 3.05) is 0 Å². The minimum Gasteiger partial charge on any atom is -0.304 e. The van der Waals surface area contributed by atoms with Crippen LogP contribution in [-0.2, 0) is 0 Å². The molecule has 0 radical (unpaired) electrons. The highest BCUT2D eigenvalue weighted by molar-refractivity contribution is 5.94. The van der Waals surface area contributed by atoms with Crippen LogP contribution in [0.15, 0.2) is 47.4 Å². The molecule has 0 bridgehead atoms. The molecule has 5 heteroatoms. The fourth-order valence-electron chi connectivity index (χ4n) is 2.02. The molecule has 5 nitrogen and oxygen atoms in total. The molecule has 0 unspecified atom stereocenters. The first kappa shape index (κ1) is 11.4. The summed E-state index contributed by atoms with van der Waals surface area (Å²) in [5, 5.41) is 0. The van der Waals surface area contributed by atoms with Gasteiger partial charge in [-0.3, -0.25) is 4.79 Å². The van der Waals surface area contributed by atoms with Crippen molar-refractivity contribution in [3.05, 3.63) is 58.6 Å². The predicted molar refractivity (Wildman–Crippen MR) is 71.7 cm³/mol. The largest absolute Gasteiger partial charge is 0.332 e. The van der Waals surface area contributed by atoms with Gasteiger partial charge < -0.3 is 4.98 Å². The van der Waals surface area contributed by atoms with Crippen molar-refractivity contribution < 1.29 is 4.79 Å². The number of H-pyrrole nitrogens is 1. The number of benzene rings is 1. The van der Waals surface area contributed by atoms with Crippen molar-refractivity contribution in [3.8, 4) is 5.69 Å². The van der Waals surface area contributed by atoms with Gasteiger partial charge in [-0.1, -0.05) is 0 Å². The minimum atomic E-state index is -0.246. The van der Waals surface area contributed by atoms with Crippen LogP contribution in [0.3, 0.4) is 0 Å². The summed E-state index contributed by atoms with van der Waals surface area (Å²) in [5.74, 6) is -0.00375. The molecule has 0 fully saturated rings. The zero-order valence-corrected chi connectivity index (χ0v) is 10.3. The number of Topliss-reactive ketones (excluding diaryl/α,β-unsaturated/α-hetero) is 1. The normalized spacial score (nSPS) is 10.8. The molecule has 1 N–H and O–H groups in total. The van der Waals surface area contributed by atoms with Crippen LogP contribution >= 0.6 is 0 Å². The van der Waals surface area contributed by atoms with E-state index in [1.807, 2.05) is 0 Å². The zero-order chi connectivity index (χ0) is 13.4. The van der Waals surface area contributed by atoms with Crippen molar-refractivity contribution in [2.45, 2.75) is 6.92 Å². The third-order valence-corrected chi connectivity index (χ3v) is 2.98. The highest BCUT2D eigenvalue weighted by Gasteiger charge is 2.09. The van der Waals surface area contributed by atoms with E-state index in [1.165, 1.54) is 11.5 Å². The summed E-state index contributed by atoms with van der Waals surface area (Å²) in [4.78, 5) is 30.1. The molecule has 2 heterocycles. The number of ketones is 1. The summed E-state index contributed by atoms with van der Waals surface area (Å²) in [6, 6.07) is 10.4. The van der Waals surface area contributed by atoms with E-state index < -0.39 is 0 Å². The second-order valence-corrected chi connectivity index (χ2v) is 4.24. The molecular weight excluding hydrogens is 242 g/mol. The van der Waals surface area contributed by atoms with E-state index in [9.17, 15) is 9.59 Å². The number of nitrogens with zero attached hydrogens (tertiary/aromatic N) is 2. The molecule has 0 atom stereocenters. The van der Waals surface area contributed by atoms with Crippen molar-refractivity contribution in [1.82, 2.24) is 14.5 Å². The van der Waals surface area contributed by atoms with E-state index >= 15 is 0 Å². The fourth-order valence-corrected chi connectivity index (χ4v) is 2.02. The third-order valence-electron chi connectivity index (χ3n) is 2.98. The van der Waals surface area contributed by atoms with Crippen molar-refractivity contribution in [3.63, 3.8) is 0 Å². The lowest BCUT2D eigenvalue weighted by atomic mass is 10.1. The minimum absolute atomic E-state index is 0.00375. The standard InChI is InChI=1S/C14H11N3O2/c1-9(18)10-4-6-11(7-5-10)17-13-12(16-14(17)19)3-2-8-15-13/h2-8H,1H3,(H,16,19). The molecule has 0 amide bonds. The number of pyridine rings is 1. The van der Waals surface area contributed by atoms with Gasteiger partial charge in [0.15, 0.2) is 11.4 Å². The van der Waals surface area contributed by atoms with E-state index in [-0.39, 0.29) is 11.5 Å². The number of hydrogen-bond donors (Lipinski definition) is 1. The molecule has 2 aromatic heterocycles. The molecule has 0 saturated heterocycles. The molecule has 94 valence electrons. The van der Waals surface area contributed by atoms with Gasteiger partial charge in [0.1, 0.15) is 0 Å². The number of fused-ring (bicyclic) bond motifs is 1. The van der Waals surface area contributed by atoms with Crippen molar-refractivity contribution in [1.29, 1.82) is 0 Å². The van der Waals surface area contributed by atoms with Gasteiger partial charge >= 0.3 is 5.69 Å². The highest BCUT2D eigenvalue weighted by Crippen LogP contribution is 2.14. The Labute approximate surface area is 108 Å². The van der Waals surface area contributed by atoms with Crippen LogP contribution in [0.4, 0.5) is 0 Å². The van der Waals surface area contributed by atoms with Gasteiger partial charge in [-0.2, -0.15) is 0 Å². The molecule has 3 aromatic rings. The van der Waals surface area contributed by atoms with Crippen LogP contribution in [0, 0.1) is 0 Å². The van der Waals surface area contributed by atoms with E-state index in [0.29, 0.717) is 22.4 Å². The van der Waals surface area contributed by atoms with E-state index in [4.69, 9.17) is 0 Å². The average molecular weight is 253 g/mol. The maximum absolute atomic E-state index is 12.0. The first-order valence-corrected chi connectivity index (χ1v) is 5.84. The topological polar surface area (TPSA) is 67.8 Å². The number of nitrogens with one attached hydrogen (secondary N) is 1. The highest BCUT2D eigenvalue weighted by atomic mass is 16.1. The van der Waals surface area contributed by atoms with Gasteiger partial charge in [-0.15, -0.1) is 0 Å². The summed E-state index contributed by atoms with van der Waals surface area (Å²) in [5.41, 5.74) is 2.31. The Bertz CT molecular complexity index is 813. The van der Waals surface area contributed by atoms with Crippen LogP contribution in [-0.4, -0.2) is 20.3 Å². The maximum Gasteiger partial charge on any atom is 0.332 e. The lowest BCUT2D eigenvalue weighted by molar-refractivity contribution is 0.101. The van der Waals surface area contributed by atoms with Crippen LogP contribution in [0.5, 0.6) is 0 Å². The monoisotopic (exact) mass is 253 g/mol. The first-order valence-electron chi connectivity index (χ1n) is 5.84. The second kappa shape index (κ2) is 4.20. The van der Waals surface area contributed by atoms with E-state index in [0.717, 1.165) is 0 Å². The van der Waals surface area contributed by atoms with Gasteiger partial charge in [0, 0.05) is 11.8 Å². The van der Waals surface area contributed by atoms with Crippen LogP contribution in [0.25, 0.3) is 16.9 Å². The lowest BCUT2D eigenvalue weighted by Crippen LogP contribution is -2.15. The predicted octanol–water partition coefficient (Wildman–Crippen LogP) is 1.92. The Morgan fingerprint density at radius 2 is 1.95 bits per heavy atom. The molecule has 0 aliphatic heterocycles. The number of aromatic nitrogens is 3. The van der Waals surface area contributed by atoms with Gasteiger partial charge in [0.25, 0.3) is 0 Å². The summed E-state index contributed by atoms with van der Waals surface area (Å²) in [6.45, 7) is 1.51. The van der Waals surface area contributed by atoms with Gasteiger partial charge in [0.2, 0.25) is 0 Å². The second-order valence-electron chi connectivity index (χ2n) is 4.24. The molecule has 3 rings (SSSR count). The van der Waals surface area contributed by atoms with Crippen molar-refractivity contribution >= 4 is 16.9 Å². The quantitative estimate of drug-likeness (QED) is 0.709. The Kier molecular flexibility index (Phi) is 2.52. The Balaban J connectivity index is 2.21. The Hall–Kier alpha value is -2.69. The number of rotatable bonds is 2. The summed E-state index contributed by atoms with van der Waals surface area (Å²) >= 11 is 0. The van der Waals surface area contributed by atoms with E-state index in [2.05, 4.69) is 9.97 Å². The molecule has 19 heavy (non-hydrogen) atoms. The number of carbonyl (C=O) groups is 1. The number of aromatic amines is 1. The van der Waals surface area contributed by atoms with Crippen LogP contribution in [0.2, 0.25) is 0 Å². The number of imidazole rings is 1. The summed E-state index contributed by atoms with van der Waals surface area (Å²) in [7, 11) is 0. The zero-order valence-electron chi connectivity index (χ0n) is 10.3. The van der Waals surface area contributed by atoms with E-state index in [1.54, 1.807) is 42.6 Å². The number of hydrogen-bond acceptors (Lipinski definition) is 3. The lowest BCUT2D eigenvalue weighted by Gasteiger charge is -2.03. The number of carbonyl (C=O) groups excluding carboxylic acids is 1. The molecule has 0 aliphatic carbocycles. The first-order chi connectivity index (χ1) is 9.16. The smallest absolute Gasteiger partial charge is 0.304 e. The Morgan fingerprint density at radius 1 is 1.21 bits per heavy atom. The van der Waals surface area contributed by atoms with Gasteiger partial charge in [-0.05, 0) is 43.3 Å². The molecule has 0 saturated carbocycles. The fraction of sp³-hybridized carbons (Fsp3) is 0.0714.